The molecule has 0 aromatic heterocycles. The minimum atomic E-state index is -1.01. The highest BCUT2D eigenvalue weighted by molar-refractivity contribution is 5.83. The van der Waals surface area contributed by atoms with Crippen LogP contribution < -0.4 is 11.1 Å². The maximum Gasteiger partial charge on any atom is 0.326 e. The van der Waals surface area contributed by atoms with Gasteiger partial charge in [0.25, 0.3) is 0 Å². The van der Waals surface area contributed by atoms with E-state index < -0.39 is 12.0 Å². The van der Waals surface area contributed by atoms with Crippen molar-refractivity contribution in [3.8, 4) is 0 Å². The summed E-state index contributed by atoms with van der Waals surface area (Å²) < 4.78 is 5.98. The summed E-state index contributed by atoms with van der Waals surface area (Å²) in [5.41, 5.74) is 5.47. The molecule has 0 rings (SSSR count). The van der Waals surface area contributed by atoms with Crippen molar-refractivity contribution in [3.05, 3.63) is 48.6 Å². The van der Waals surface area contributed by atoms with Crippen LogP contribution in [0.25, 0.3) is 0 Å². The highest BCUT2D eigenvalue weighted by atomic mass is 16.5. The predicted molar refractivity (Wildman–Crippen MR) is 206 cm³/mol. The van der Waals surface area contributed by atoms with Gasteiger partial charge in [-0.1, -0.05) is 127 Å². The quantitative estimate of drug-likeness (QED) is 0.0347. The van der Waals surface area contributed by atoms with Crippen LogP contribution in [0.15, 0.2) is 48.6 Å². The average Bonchev–Trinajstić information content (AvgIpc) is 3.08. The van der Waals surface area contributed by atoms with Crippen LogP contribution in [0.5, 0.6) is 0 Å². The van der Waals surface area contributed by atoms with E-state index in [1.807, 2.05) is 0 Å². The van der Waals surface area contributed by atoms with E-state index in [0.29, 0.717) is 32.2 Å². The second-order valence-electron chi connectivity index (χ2n) is 13.3. The lowest BCUT2D eigenvalue weighted by Gasteiger charge is -2.18. The van der Waals surface area contributed by atoms with Crippen LogP contribution in [0.3, 0.4) is 0 Å². The fourth-order valence-electron chi connectivity index (χ4n) is 5.68. The lowest BCUT2D eigenvalue weighted by Crippen LogP contribution is -2.40. The molecule has 0 radical (unpaired) electrons. The number of hydrogen-bond acceptors (Lipinski definition) is 5. The van der Waals surface area contributed by atoms with Gasteiger partial charge in [-0.05, 0) is 96.4 Å². The summed E-state index contributed by atoms with van der Waals surface area (Å²) in [6, 6.07) is -0.857. The number of rotatable bonds is 35. The van der Waals surface area contributed by atoms with Gasteiger partial charge in [0.1, 0.15) is 12.1 Å². The van der Waals surface area contributed by atoms with E-state index in [2.05, 4.69) is 67.8 Å². The van der Waals surface area contributed by atoms with E-state index in [1.54, 1.807) is 0 Å². The molecule has 7 heteroatoms. The summed E-state index contributed by atoms with van der Waals surface area (Å²) in [7, 11) is 0. The van der Waals surface area contributed by atoms with Crippen LogP contribution in [-0.2, 0) is 19.1 Å². The van der Waals surface area contributed by atoms with Crippen molar-refractivity contribution < 1.29 is 24.2 Å². The van der Waals surface area contributed by atoms with E-state index in [9.17, 15) is 19.5 Å². The van der Waals surface area contributed by atoms with Crippen molar-refractivity contribution in [2.75, 3.05) is 6.54 Å². The van der Waals surface area contributed by atoms with Crippen molar-refractivity contribution in [2.24, 2.45) is 5.73 Å². The van der Waals surface area contributed by atoms with Crippen LogP contribution in [0.4, 0.5) is 0 Å². The number of nitrogens with two attached hydrogens (primary N) is 1. The summed E-state index contributed by atoms with van der Waals surface area (Å²) >= 11 is 0. The molecule has 2 unspecified atom stereocenters. The summed E-state index contributed by atoms with van der Waals surface area (Å²) in [6.07, 6.45) is 43.0. The lowest BCUT2D eigenvalue weighted by atomic mass is 10.0. The third-order valence-corrected chi connectivity index (χ3v) is 8.66. The molecule has 0 bridgehead atoms. The van der Waals surface area contributed by atoms with Gasteiger partial charge in [-0.2, -0.15) is 0 Å². The Kier molecular flexibility index (Phi) is 34.6. The molecule has 7 nitrogen and oxygen atoms in total. The molecule has 2 atom stereocenters. The number of carboxylic acid groups (broad SMARTS) is 1. The first-order valence-electron chi connectivity index (χ1n) is 20.0. The van der Waals surface area contributed by atoms with Crippen LogP contribution >= 0.6 is 0 Å². The number of allylic oxidation sites excluding steroid dienone is 8. The number of hydrogen-bond donors (Lipinski definition) is 3. The van der Waals surface area contributed by atoms with Crippen LogP contribution in [0.1, 0.15) is 181 Å². The summed E-state index contributed by atoms with van der Waals surface area (Å²) in [5, 5.41) is 11.9. The fraction of sp³-hybridized carbons (Fsp3) is 0.738. The zero-order valence-electron chi connectivity index (χ0n) is 31.5. The number of nitrogens with one attached hydrogen (secondary N) is 1. The van der Waals surface area contributed by atoms with Gasteiger partial charge >= 0.3 is 11.9 Å². The Bertz CT molecular complexity index is 911. The van der Waals surface area contributed by atoms with Gasteiger partial charge in [0.05, 0.1) is 0 Å². The Balaban J connectivity index is 4.20. The second kappa shape index (κ2) is 36.6. The SMILES string of the molecule is CC/C=C\C/C=C\C/C=C\C/C=C\CCCCCCC(=O)OC(CCCCCCCC)CCCCCCCC(=O)NC(CCCN)C(=O)O. The highest BCUT2D eigenvalue weighted by Crippen LogP contribution is 2.18. The first-order chi connectivity index (χ1) is 23.9. The van der Waals surface area contributed by atoms with Gasteiger partial charge in [0, 0.05) is 12.8 Å². The minimum absolute atomic E-state index is 0.00378. The Labute approximate surface area is 300 Å². The third-order valence-electron chi connectivity index (χ3n) is 8.66. The Hall–Kier alpha value is -2.67. The molecule has 0 aliphatic rings. The maximum atomic E-state index is 12.7. The number of carbonyl (C=O) groups excluding carboxylic acids is 2. The van der Waals surface area contributed by atoms with Gasteiger partial charge in [0.15, 0.2) is 0 Å². The summed E-state index contributed by atoms with van der Waals surface area (Å²) in [4.78, 5) is 36.2. The van der Waals surface area contributed by atoms with Crippen molar-refractivity contribution in [1.29, 1.82) is 0 Å². The first-order valence-corrected chi connectivity index (χ1v) is 20.0. The summed E-state index contributed by atoms with van der Waals surface area (Å²) in [6.45, 7) is 4.80. The third kappa shape index (κ3) is 33.6. The van der Waals surface area contributed by atoms with Crippen molar-refractivity contribution in [1.82, 2.24) is 5.32 Å². The summed E-state index contributed by atoms with van der Waals surface area (Å²) in [5.74, 6) is -1.26. The second-order valence-corrected chi connectivity index (χ2v) is 13.3. The molecule has 282 valence electrons. The lowest BCUT2D eigenvalue weighted by molar-refractivity contribution is -0.150. The minimum Gasteiger partial charge on any atom is -0.480 e. The maximum absolute atomic E-state index is 12.7. The molecular formula is C42H74N2O5. The van der Waals surface area contributed by atoms with E-state index in [4.69, 9.17) is 10.5 Å². The van der Waals surface area contributed by atoms with Gasteiger partial charge in [0.2, 0.25) is 5.91 Å². The van der Waals surface area contributed by atoms with Crippen LogP contribution in [0, 0.1) is 0 Å². The van der Waals surface area contributed by atoms with Gasteiger partial charge in [-0.3, -0.25) is 9.59 Å². The zero-order valence-corrected chi connectivity index (χ0v) is 31.5. The topological polar surface area (TPSA) is 119 Å². The number of amides is 1. The smallest absolute Gasteiger partial charge is 0.326 e. The molecule has 0 aromatic carbocycles. The van der Waals surface area contributed by atoms with Gasteiger partial charge < -0.3 is 20.9 Å². The number of unbranched alkanes of at least 4 members (excludes halogenated alkanes) is 13. The number of ether oxygens (including phenoxy) is 1. The van der Waals surface area contributed by atoms with E-state index in [0.717, 1.165) is 109 Å². The molecule has 1 amide bonds. The normalized spacial score (nSPS) is 13.2. The van der Waals surface area contributed by atoms with Gasteiger partial charge in [-0.15, -0.1) is 0 Å². The molecule has 49 heavy (non-hydrogen) atoms. The zero-order chi connectivity index (χ0) is 36.0. The number of esters is 1. The molecule has 0 aromatic rings. The molecule has 0 aliphatic heterocycles. The number of aliphatic carboxylic acids is 1. The molecule has 0 saturated heterocycles. The molecule has 0 saturated carbocycles. The Morgan fingerprint density at radius 2 is 1.12 bits per heavy atom. The standard InChI is InChI=1S/C42H74N2O5/c1-3-5-7-9-11-12-13-14-15-16-17-18-19-20-21-26-30-36-41(46)49-38(32-27-23-10-8-6-4-2)33-28-24-22-25-29-35-40(45)44-39(42(47)48)34-31-37-43/h5,7,11-12,14-15,17-18,38-39H,3-4,6,8-10,13,16,19-37,43H2,1-2H3,(H,44,45)(H,47,48)/b7-5-,12-11-,15-14-,18-17-. The molecular weight excluding hydrogens is 612 g/mol. The predicted octanol–water partition coefficient (Wildman–Crippen LogP) is 10.8. The average molecular weight is 687 g/mol. The molecule has 0 aliphatic carbocycles. The van der Waals surface area contributed by atoms with E-state index >= 15 is 0 Å². The first kappa shape index (κ1) is 46.3. The van der Waals surface area contributed by atoms with Crippen molar-refractivity contribution in [2.45, 2.75) is 193 Å². The number of carboxylic acids is 1. The highest BCUT2D eigenvalue weighted by Gasteiger charge is 2.19. The van der Waals surface area contributed by atoms with E-state index in [-0.39, 0.29) is 18.0 Å². The molecule has 0 heterocycles. The molecule has 0 spiro atoms. The largest absolute Gasteiger partial charge is 0.480 e. The van der Waals surface area contributed by atoms with Gasteiger partial charge in [-0.25, -0.2) is 4.79 Å². The molecule has 4 N–H and O–H groups in total. The number of carbonyl (C=O) groups is 3. The van der Waals surface area contributed by atoms with E-state index in [1.165, 1.54) is 32.1 Å². The Morgan fingerprint density at radius 3 is 1.69 bits per heavy atom. The Morgan fingerprint density at radius 1 is 0.612 bits per heavy atom. The van der Waals surface area contributed by atoms with Crippen LogP contribution in [0.2, 0.25) is 0 Å². The molecule has 0 fully saturated rings. The van der Waals surface area contributed by atoms with Crippen LogP contribution in [-0.4, -0.2) is 41.6 Å². The van der Waals surface area contributed by atoms with Crippen molar-refractivity contribution >= 4 is 17.8 Å². The fourth-order valence-corrected chi connectivity index (χ4v) is 5.68. The monoisotopic (exact) mass is 687 g/mol. The van der Waals surface area contributed by atoms with Crippen molar-refractivity contribution in [3.63, 3.8) is 0 Å².